The molecular formula is C29H37N7O. The fraction of sp³-hybridized carbons (Fsp3) is 0.483. The molecule has 1 aromatic carbocycles. The minimum atomic E-state index is 0.126. The SMILES string of the molecule is CCCCc1cn(C2C(CC)CCC2CC)c(=O)n1Cc1ccc(-c2ccccc2-c2nn[nH]n2)nc1. The van der Waals surface area contributed by atoms with Crippen LogP contribution < -0.4 is 5.69 Å². The van der Waals surface area contributed by atoms with Crippen LogP contribution in [0.1, 0.15) is 76.6 Å². The molecule has 0 aliphatic heterocycles. The van der Waals surface area contributed by atoms with E-state index >= 15 is 0 Å². The summed E-state index contributed by atoms with van der Waals surface area (Å²) in [5.74, 6) is 1.70. The Morgan fingerprint density at radius 1 is 1.00 bits per heavy atom. The average Bonchev–Trinajstić information content (AvgIpc) is 3.68. The van der Waals surface area contributed by atoms with E-state index in [0.717, 1.165) is 60.2 Å². The molecule has 1 aliphatic rings. The minimum Gasteiger partial charge on any atom is -0.295 e. The Balaban J connectivity index is 1.45. The van der Waals surface area contributed by atoms with E-state index in [1.807, 2.05) is 41.1 Å². The van der Waals surface area contributed by atoms with Crippen molar-refractivity contribution in [3.05, 3.63) is 70.5 Å². The summed E-state index contributed by atoms with van der Waals surface area (Å²) < 4.78 is 4.07. The third-order valence-corrected chi connectivity index (χ3v) is 8.07. The molecule has 0 amide bonds. The number of hydrogen-bond donors (Lipinski definition) is 1. The molecule has 0 saturated heterocycles. The van der Waals surface area contributed by atoms with Crippen LogP contribution >= 0.6 is 0 Å². The molecule has 3 aromatic heterocycles. The number of pyridine rings is 1. The average molecular weight is 500 g/mol. The van der Waals surface area contributed by atoms with E-state index in [1.165, 1.54) is 12.8 Å². The van der Waals surface area contributed by atoms with Gasteiger partial charge in [-0.25, -0.2) is 4.79 Å². The Kier molecular flexibility index (Phi) is 7.63. The number of aromatic nitrogens is 7. The first-order chi connectivity index (χ1) is 18.1. The van der Waals surface area contributed by atoms with E-state index in [1.54, 1.807) is 0 Å². The Hall–Kier alpha value is -3.55. The molecular weight excluding hydrogens is 462 g/mol. The fourth-order valence-corrected chi connectivity index (χ4v) is 6.03. The topological polar surface area (TPSA) is 94.3 Å². The summed E-state index contributed by atoms with van der Waals surface area (Å²) in [6, 6.07) is 12.3. The van der Waals surface area contributed by atoms with Gasteiger partial charge in [0.05, 0.1) is 12.2 Å². The van der Waals surface area contributed by atoms with Crippen LogP contribution in [0.3, 0.4) is 0 Å². The van der Waals surface area contributed by atoms with Crippen molar-refractivity contribution >= 4 is 0 Å². The Labute approximate surface area is 218 Å². The maximum absolute atomic E-state index is 13.8. The van der Waals surface area contributed by atoms with Crippen molar-refractivity contribution in [2.45, 2.75) is 78.3 Å². The Morgan fingerprint density at radius 2 is 1.76 bits per heavy atom. The number of unbranched alkanes of at least 4 members (excludes halogenated alkanes) is 1. The molecule has 37 heavy (non-hydrogen) atoms. The summed E-state index contributed by atoms with van der Waals surface area (Å²) in [6.07, 6.45) is 11.8. The number of hydrogen-bond acceptors (Lipinski definition) is 5. The van der Waals surface area contributed by atoms with E-state index in [2.05, 4.69) is 58.2 Å². The van der Waals surface area contributed by atoms with Gasteiger partial charge in [-0.1, -0.05) is 70.4 Å². The van der Waals surface area contributed by atoms with Crippen molar-refractivity contribution in [2.75, 3.05) is 0 Å². The largest absolute Gasteiger partial charge is 0.328 e. The van der Waals surface area contributed by atoms with Crippen LogP contribution in [-0.4, -0.2) is 34.7 Å². The van der Waals surface area contributed by atoms with Crippen molar-refractivity contribution in [1.29, 1.82) is 0 Å². The third-order valence-electron chi connectivity index (χ3n) is 8.07. The van der Waals surface area contributed by atoms with Crippen LogP contribution in [0.2, 0.25) is 0 Å². The highest BCUT2D eigenvalue weighted by atomic mass is 16.1. The maximum atomic E-state index is 13.8. The molecule has 4 aromatic rings. The Bertz CT molecular complexity index is 1340. The lowest BCUT2D eigenvalue weighted by Gasteiger charge is -2.24. The number of nitrogens with one attached hydrogen (secondary N) is 1. The molecule has 5 rings (SSSR count). The summed E-state index contributed by atoms with van der Waals surface area (Å²) in [5.41, 5.74) is 4.93. The highest BCUT2D eigenvalue weighted by molar-refractivity contribution is 5.78. The van der Waals surface area contributed by atoms with Gasteiger partial charge in [-0.05, 0) is 54.4 Å². The van der Waals surface area contributed by atoms with Gasteiger partial charge in [0.1, 0.15) is 0 Å². The molecule has 0 bridgehead atoms. The number of aromatic amines is 1. The first-order valence-electron chi connectivity index (χ1n) is 13.7. The molecule has 8 heteroatoms. The predicted molar refractivity (Wildman–Crippen MR) is 145 cm³/mol. The number of aryl methyl sites for hydroxylation is 1. The van der Waals surface area contributed by atoms with Crippen LogP contribution in [0.15, 0.2) is 53.6 Å². The van der Waals surface area contributed by atoms with E-state index in [9.17, 15) is 4.79 Å². The number of nitrogens with zero attached hydrogens (tertiary/aromatic N) is 6. The zero-order chi connectivity index (χ0) is 25.8. The van der Waals surface area contributed by atoms with E-state index in [4.69, 9.17) is 4.98 Å². The second-order valence-corrected chi connectivity index (χ2v) is 10.2. The van der Waals surface area contributed by atoms with Gasteiger partial charge in [-0.2, -0.15) is 5.21 Å². The zero-order valence-electron chi connectivity index (χ0n) is 22.1. The minimum absolute atomic E-state index is 0.126. The van der Waals surface area contributed by atoms with Crippen LogP contribution in [0, 0.1) is 11.8 Å². The first-order valence-corrected chi connectivity index (χ1v) is 13.7. The highest BCUT2D eigenvalue weighted by Crippen LogP contribution is 2.43. The Morgan fingerprint density at radius 3 is 2.38 bits per heavy atom. The van der Waals surface area contributed by atoms with Gasteiger partial charge in [0.2, 0.25) is 5.82 Å². The molecule has 1 fully saturated rings. The normalized spacial score (nSPS) is 19.5. The van der Waals surface area contributed by atoms with Crippen molar-refractivity contribution < 1.29 is 0 Å². The number of tetrazole rings is 1. The van der Waals surface area contributed by atoms with Crippen LogP contribution in [0.4, 0.5) is 0 Å². The first kappa shape index (κ1) is 25.1. The van der Waals surface area contributed by atoms with Gasteiger partial charge in [0, 0.05) is 35.3 Å². The van der Waals surface area contributed by atoms with Crippen LogP contribution in [0.25, 0.3) is 22.6 Å². The second-order valence-electron chi connectivity index (χ2n) is 10.2. The van der Waals surface area contributed by atoms with Gasteiger partial charge in [-0.15, -0.1) is 10.2 Å². The zero-order valence-corrected chi connectivity index (χ0v) is 22.1. The van der Waals surface area contributed by atoms with E-state index < -0.39 is 0 Å². The molecule has 8 nitrogen and oxygen atoms in total. The van der Waals surface area contributed by atoms with Gasteiger partial charge in [-0.3, -0.25) is 14.1 Å². The number of benzene rings is 1. The standard InChI is InChI=1S/C29H37N7O/c1-4-7-10-23-19-36(27-21(5-2)14-15-22(27)6-3)29(37)35(23)18-20-13-16-26(30-17-20)24-11-8-9-12-25(24)28-31-33-34-32-28/h8-9,11-13,16-17,19,21-22,27H,4-7,10,14-15,18H2,1-3H3,(H,31,32,33,34). The van der Waals surface area contributed by atoms with E-state index in [-0.39, 0.29) is 5.69 Å². The highest BCUT2D eigenvalue weighted by Gasteiger charge is 2.36. The van der Waals surface area contributed by atoms with Crippen LogP contribution in [-0.2, 0) is 13.0 Å². The molecule has 1 aliphatic carbocycles. The fourth-order valence-electron chi connectivity index (χ4n) is 6.03. The van der Waals surface area contributed by atoms with Gasteiger partial charge in [0.15, 0.2) is 0 Å². The molecule has 0 spiro atoms. The monoisotopic (exact) mass is 499 g/mol. The molecule has 0 radical (unpaired) electrons. The van der Waals surface area contributed by atoms with Gasteiger partial charge in [0.25, 0.3) is 0 Å². The summed E-state index contributed by atoms with van der Waals surface area (Å²) in [5, 5.41) is 14.5. The van der Waals surface area contributed by atoms with Gasteiger partial charge >= 0.3 is 5.69 Å². The lowest BCUT2D eigenvalue weighted by molar-refractivity contribution is 0.288. The summed E-state index contributed by atoms with van der Waals surface area (Å²) in [7, 11) is 0. The number of imidazole rings is 1. The van der Waals surface area contributed by atoms with Crippen LogP contribution in [0.5, 0.6) is 0 Å². The second kappa shape index (κ2) is 11.2. The number of rotatable bonds is 10. The molecule has 2 unspecified atom stereocenters. The molecule has 194 valence electrons. The quantitative estimate of drug-likeness (QED) is 0.303. The maximum Gasteiger partial charge on any atom is 0.328 e. The van der Waals surface area contributed by atoms with E-state index in [0.29, 0.717) is 30.2 Å². The molecule has 3 heterocycles. The number of H-pyrrole nitrogens is 1. The smallest absolute Gasteiger partial charge is 0.295 e. The molecule has 1 N–H and O–H groups in total. The summed E-state index contributed by atoms with van der Waals surface area (Å²) in [6.45, 7) is 7.26. The lowest BCUT2D eigenvalue weighted by Crippen LogP contribution is -2.32. The van der Waals surface area contributed by atoms with Gasteiger partial charge < -0.3 is 0 Å². The van der Waals surface area contributed by atoms with Crippen molar-refractivity contribution in [2.24, 2.45) is 11.8 Å². The predicted octanol–water partition coefficient (Wildman–Crippen LogP) is 5.67. The summed E-state index contributed by atoms with van der Waals surface area (Å²) >= 11 is 0. The van der Waals surface area contributed by atoms with Crippen molar-refractivity contribution in [1.82, 2.24) is 34.7 Å². The van der Waals surface area contributed by atoms with Crippen molar-refractivity contribution in [3.8, 4) is 22.6 Å². The third kappa shape index (κ3) is 5.02. The molecule has 2 atom stereocenters. The molecule has 1 saturated carbocycles. The lowest BCUT2D eigenvalue weighted by atomic mass is 9.93. The summed E-state index contributed by atoms with van der Waals surface area (Å²) in [4.78, 5) is 18.6. The van der Waals surface area contributed by atoms with Crippen molar-refractivity contribution in [3.63, 3.8) is 0 Å².